The molecule has 0 unspecified atom stereocenters. The lowest BCUT2D eigenvalue weighted by atomic mass is 9.95. The average Bonchev–Trinajstić information content (AvgIpc) is 3.09. The first kappa shape index (κ1) is 15.8. The predicted molar refractivity (Wildman–Crippen MR) is 81.2 cm³/mol. The third-order valence-corrected chi connectivity index (χ3v) is 4.81. The SMILES string of the molecule is CC(C)(C)c1cc(OCC(=O)NCC2CC2)c(C(=O)O)s1. The van der Waals surface area contributed by atoms with Crippen molar-refractivity contribution in [1.82, 2.24) is 5.32 Å². The zero-order chi connectivity index (χ0) is 15.6. The third kappa shape index (κ3) is 4.46. The number of aromatic carboxylic acids is 1. The molecule has 0 bridgehead atoms. The quantitative estimate of drug-likeness (QED) is 0.847. The summed E-state index contributed by atoms with van der Waals surface area (Å²) in [6.07, 6.45) is 2.34. The Morgan fingerprint density at radius 2 is 2.10 bits per heavy atom. The number of carbonyl (C=O) groups excluding carboxylic acids is 1. The first-order chi connectivity index (χ1) is 9.77. The highest BCUT2D eigenvalue weighted by Gasteiger charge is 2.25. The van der Waals surface area contributed by atoms with Gasteiger partial charge in [0.1, 0.15) is 5.75 Å². The van der Waals surface area contributed by atoms with E-state index in [1.54, 1.807) is 6.07 Å². The van der Waals surface area contributed by atoms with Crippen molar-refractivity contribution in [3.8, 4) is 5.75 Å². The molecule has 1 aromatic rings. The molecule has 1 aliphatic rings. The summed E-state index contributed by atoms with van der Waals surface area (Å²) in [7, 11) is 0. The number of nitrogens with one attached hydrogen (secondary N) is 1. The van der Waals surface area contributed by atoms with E-state index in [2.05, 4.69) is 5.32 Å². The van der Waals surface area contributed by atoms with Crippen LogP contribution in [0.2, 0.25) is 0 Å². The van der Waals surface area contributed by atoms with Crippen molar-refractivity contribution in [2.24, 2.45) is 5.92 Å². The summed E-state index contributed by atoms with van der Waals surface area (Å²) in [4.78, 5) is 24.0. The maximum Gasteiger partial charge on any atom is 0.349 e. The highest BCUT2D eigenvalue weighted by Crippen LogP contribution is 2.36. The standard InChI is InChI=1S/C15H21NO4S/c1-15(2,3)11-6-10(13(21-11)14(18)19)20-8-12(17)16-7-9-4-5-9/h6,9H,4-5,7-8H2,1-3H3,(H,16,17)(H,18,19). The average molecular weight is 311 g/mol. The van der Waals surface area contributed by atoms with Crippen molar-refractivity contribution in [1.29, 1.82) is 0 Å². The lowest BCUT2D eigenvalue weighted by Crippen LogP contribution is -2.30. The van der Waals surface area contributed by atoms with Crippen LogP contribution in [0.3, 0.4) is 0 Å². The van der Waals surface area contributed by atoms with Gasteiger partial charge in [-0.15, -0.1) is 11.3 Å². The van der Waals surface area contributed by atoms with E-state index in [4.69, 9.17) is 4.74 Å². The van der Waals surface area contributed by atoms with Gasteiger partial charge in [0.2, 0.25) is 0 Å². The van der Waals surface area contributed by atoms with Gasteiger partial charge in [-0.25, -0.2) is 4.79 Å². The van der Waals surface area contributed by atoms with Gasteiger partial charge in [0.15, 0.2) is 11.5 Å². The minimum Gasteiger partial charge on any atom is -0.482 e. The minimum absolute atomic E-state index is 0.146. The molecule has 2 rings (SSSR count). The molecule has 1 aliphatic carbocycles. The normalized spacial score (nSPS) is 14.8. The van der Waals surface area contributed by atoms with Crippen LogP contribution in [-0.2, 0) is 10.2 Å². The van der Waals surface area contributed by atoms with Crippen molar-refractivity contribution in [2.45, 2.75) is 39.0 Å². The smallest absolute Gasteiger partial charge is 0.349 e. The number of thiophene rings is 1. The molecule has 2 N–H and O–H groups in total. The van der Waals surface area contributed by atoms with E-state index in [9.17, 15) is 14.7 Å². The Morgan fingerprint density at radius 1 is 1.43 bits per heavy atom. The third-order valence-electron chi connectivity index (χ3n) is 3.28. The van der Waals surface area contributed by atoms with Crippen molar-refractivity contribution in [2.75, 3.05) is 13.2 Å². The van der Waals surface area contributed by atoms with Crippen molar-refractivity contribution in [3.05, 3.63) is 15.8 Å². The summed E-state index contributed by atoms with van der Waals surface area (Å²) < 4.78 is 5.41. The molecule has 0 aromatic carbocycles. The molecule has 21 heavy (non-hydrogen) atoms. The fraction of sp³-hybridized carbons (Fsp3) is 0.600. The Bertz CT molecular complexity index is 540. The van der Waals surface area contributed by atoms with Crippen molar-refractivity contribution < 1.29 is 19.4 Å². The van der Waals surface area contributed by atoms with E-state index in [1.807, 2.05) is 20.8 Å². The molecule has 1 aromatic heterocycles. The van der Waals surface area contributed by atoms with E-state index in [1.165, 1.54) is 24.2 Å². The molecule has 0 radical (unpaired) electrons. The number of carboxylic acid groups (broad SMARTS) is 1. The minimum atomic E-state index is -1.02. The first-order valence-electron chi connectivity index (χ1n) is 7.04. The molecule has 5 nitrogen and oxygen atoms in total. The number of amides is 1. The van der Waals surface area contributed by atoms with Gasteiger partial charge >= 0.3 is 5.97 Å². The van der Waals surface area contributed by atoms with Crippen LogP contribution in [0.1, 0.15) is 48.2 Å². The van der Waals surface area contributed by atoms with E-state index < -0.39 is 5.97 Å². The number of hydrogen-bond donors (Lipinski definition) is 2. The summed E-state index contributed by atoms with van der Waals surface area (Å²) in [5.41, 5.74) is -0.148. The Kier molecular flexibility index (Phi) is 4.56. The predicted octanol–water partition coefficient (Wildman–Crippen LogP) is 2.65. The molecule has 0 atom stereocenters. The second kappa shape index (κ2) is 6.05. The highest BCUT2D eigenvalue weighted by molar-refractivity contribution is 7.14. The summed E-state index contributed by atoms with van der Waals surface area (Å²) in [5.74, 6) is -0.346. The van der Waals surface area contributed by atoms with Gasteiger partial charge in [-0.05, 0) is 30.2 Å². The Morgan fingerprint density at radius 3 is 2.62 bits per heavy atom. The molecule has 116 valence electrons. The lowest BCUT2D eigenvalue weighted by molar-refractivity contribution is -0.123. The van der Waals surface area contributed by atoms with Gasteiger partial charge in [-0.1, -0.05) is 20.8 Å². The van der Waals surface area contributed by atoms with Gasteiger partial charge in [0.05, 0.1) is 0 Å². The highest BCUT2D eigenvalue weighted by atomic mass is 32.1. The molecular formula is C15H21NO4S. The van der Waals surface area contributed by atoms with Crippen molar-refractivity contribution in [3.63, 3.8) is 0 Å². The van der Waals surface area contributed by atoms with Crippen LogP contribution in [0, 0.1) is 5.92 Å². The van der Waals surface area contributed by atoms with Gasteiger partial charge in [-0.2, -0.15) is 0 Å². The Hall–Kier alpha value is -1.56. The van der Waals surface area contributed by atoms with Crippen LogP contribution in [0.15, 0.2) is 6.07 Å². The summed E-state index contributed by atoms with van der Waals surface area (Å²) >= 11 is 1.20. The lowest BCUT2D eigenvalue weighted by Gasteiger charge is -2.14. The van der Waals surface area contributed by atoms with E-state index in [0.717, 1.165) is 4.88 Å². The van der Waals surface area contributed by atoms with Crippen LogP contribution in [-0.4, -0.2) is 30.1 Å². The summed E-state index contributed by atoms with van der Waals surface area (Å²) in [6.45, 7) is 6.57. The number of carboxylic acids is 1. The molecule has 0 aliphatic heterocycles. The fourth-order valence-electron chi connectivity index (χ4n) is 1.77. The topological polar surface area (TPSA) is 75.6 Å². The number of ether oxygens (including phenoxy) is 1. The Labute approximate surface area is 128 Å². The summed E-state index contributed by atoms with van der Waals surface area (Å²) in [5, 5.41) is 12.0. The molecule has 6 heteroatoms. The van der Waals surface area contributed by atoms with E-state index in [0.29, 0.717) is 12.5 Å². The molecular weight excluding hydrogens is 290 g/mol. The van der Waals surface area contributed by atoms with Crippen molar-refractivity contribution >= 4 is 23.2 Å². The molecule has 0 spiro atoms. The van der Waals surface area contributed by atoms with Crippen LogP contribution >= 0.6 is 11.3 Å². The maximum atomic E-state index is 11.7. The monoisotopic (exact) mass is 311 g/mol. The first-order valence-corrected chi connectivity index (χ1v) is 7.86. The van der Waals surface area contributed by atoms with Crippen LogP contribution in [0.25, 0.3) is 0 Å². The van der Waals surface area contributed by atoms with Gasteiger partial charge in [0, 0.05) is 11.4 Å². The van der Waals surface area contributed by atoms with E-state index in [-0.39, 0.29) is 28.6 Å². The largest absolute Gasteiger partial charge is 0.482 e. The van der Waals surface area contributed by atoms with Gasteiger partial charge in [-0.3, -0.25) is 4.79 Å². The summed E-state index contributed by atoms with van der Waals surface area (Å²) in [6, 6.07) is 1.72. The van der Waals surface area contributed by atoms with Crippen LogP contribution in [0.4, 0.5) is 0 Å². The molecule has 1 heterocycles. The van der Waals surface area contributed by atoms with Gasteiger partial charge in [0.25, 0.3) is 5.91 Å². The number of hydrogen-bond acceptors (Lipinski definition) is 4. The second-order valence-corrected chi connectivity index (χ2v) is 7.45. The zero-order valence-electron chi connectivity index (χ0n) is 12.6. The Balaban J connectivity index is 1.98. The van der Waals surface area contributed by atoms with Crippen LogP contribution < -0.4 is 10.1 Å². The maximum absolute atomic E-state index is 11.7. The fourth-order valence-corrected chi connectivity index (χ4v) is 2.77. The van der Waals surface area contributed by atoms with Gasteiger partial charge < -0.3 is 15.2 Å². The number of rotatable bonds is 6. The van der Waals surface area contributed by atoms with Crippen LogP contribution in [0.5, 0.6) is 5.75 Å². The number of carbonyl (C=O) groups is 2. The van der Waals surface area contributed by atoms with E-state index >= 15 is 0 Å². The molecule has 1 amide bonds. The molecule has 1 fully saturated rings. The molecule has 1 saturated carbocycles. The zero-order valence-corrected chi connectivity index (χ0v) is 13.4. The second-order valence-electron chi connectivity index (χ2n) is 6.40. The molecule has 0 saturated heterocycles.